The fourth-order valence-electron chi connectivity index (χ4n) is 1.03. The van der Waals surface area contributed by atoms with Gasteiger partial charge in [-0.2, -0.15) is 0 Å². The third kappa shape index (κ3) is 4.97. The fraction of sp³-hybridized carbons (Fsp3) is 0.300. The van der Waals surface area contributed by atoms with E-state index in [1.54, 1.807) is 0 Å². The van der Waals surface area contributed by atoms with E-state index in [2.05, 4.69) is 16.2 Å². The number of hydrazine groups is 1. The zero-order valence-electron chi connectivity index (χ0n) is 8.51. The van der Waals surface area contributed by atoms with Gasteiger partial charge in [-0.1, -0.05) is 23.7 Å². The molecule has 0 amide bonds. The second kappa shape index (κ2) is 6.61. The molecule has 0 radical (unpaired) electrons. The van der Waals surface area contributed by atoms with Crippen LogP contribution in [0.5, 0.6) is 0 Å². The summed E-state index contributed by atoms with van der Waals surface area (Å²) in [5, 5.41) is 4.33. The van der Waals surface area contributed by atoms with Crippen LogP contribution in [0.25, 0.3) is 0 Å². The summed E-state index contributed by atoms with van der Waals surface area (Å²) in [7, 11) is 0. The van der Waals surface area contributed by atoms with Crippen LogP contribution in [0.4, 0.5) is 0 Å². The predicted octanol–water partition coefficient (Wildman–Crippen LogP) is 1.83. The molecular weight excluding hydrogens is 230 g/mol. The van der Waals surface area contributed by atoms with E-state index in [0.717, 1.165) is 17.1 Å². The van der Waals surface area contributed by atoms with Crippen molar-refractivity contribution in [1.29, 1.82) is 0 Å². The molecule has 0 saturated carbocycles. The van der Waals surface area contributed by atoms with Crippen molar-refractivity contribution in [2.45, 2.75) is 13.5 Å². The molecule has 0 spiro atoms. The molecule has 0 saturated heterocycles. The maximum atomic E-state index is 5.77. The van der Waals surface area contributed by atoms with Gasteiger partial charge in [0.1, 0.15) is 0 Å². The molecule has 0 unspecified atom stereocenters. The first-order valence-electron chi connectivity index (χ1n) is 4.73. The number of rotatable bonds is 4. The van der Waals surface area contributed by atoms with Crippen molar-refractivity contribution in [2.24, 2.45) is 0 Å². The fourth-order valence-corrected chi connectivity index (χ4v) is 1.38. The number of benzene rings is 1. The van der Waals surface area contributed by atoms with E-state index in [1.807, 2.05) is 31.2 Å². The molecule has 0 aliphatic heterocycles. The summed E-state index contributed by atoms with van der Waals surface area (Å²) in [5.41, 5.74) is 7.04. The highest BCUT2D eigenvalue weighted by Gasteiger charge is 1.93. The Hall–Kier alpha value is -0.840. The van der Waals surface area contributed by atoms with Gasteiger partial charge in [0.2, 0.25) is 0 Å². The SMILES string of the molecule is CCNC(=S)NNCc1ccc(Cl)cc1. The Morgan fingerprint density at radius 2 is 2.00 bits per heavy atom. The number of thiocarbonyl (C=S) groups is 1. The highest BCUT2D eigenvalue weighted by atomic mass is 35.5. The molecule has 15 heavy (non-hydrogen) atoms. The molecule has 0 aliphatic rings. The van der Waals surface area contributed by atoms with Crippen molar-refractivity contribution in [2.75, 3.05) is 6.54 Å². The summed E-state index contributed by atoms with van der Waals surface area (Å²) in [6, 6.07) is 7.66. The summed E-state index contributed by atoms with van der Waals surface area (Å²) < 4.78 is 0. The van der Waals surface area contributed by atoms with Crippen molar-refractivity contribution in [3.63, 3.8) is 0 Å². The van der Waals surface area contributed by atoms with Gasteiger partial charge in [-0.3, -0.25) is 5.43 Å². The number of hydrogen-bond donors (Lipinski definition) is 3. The summed E-state index contributed by atoms with van der Waals surface area (Å²) in [6.07, 6.45) is 0. The standard InChI is InChI=1S/C10H14ClN3S/c1-2-12-10(15)14-13-7-8-3-5-9(11)6-4-8/h3-6,13H,2,7H2,1H3,(H2,12,14,15). The Morgan fingerprint density at radius 3 is 2.60 bits per heavy atom. The summed E-state index contributed by atoms with van der Waals surface area (Å²) in [6.45, 7) is 3.50. The molecule has 1 aromatic carbocycles. The minimum Gasteiger partial charge on any atom is -0.362 e. The molecule has 82 valence electrons. The molecule has 3 nitrogen and oxygen atoms in total. The summed E-state index contributed by atoms with van der Waals surface area (Å²) in [4.78, 5) is 0. The zero-order valence-corrected chi connectivity index (χ0v) is 10.1. The molecule has 0 bridgehead atoms. The quantitative estimate of drug-likeness (QED) is 0.557. The largest absolute Gasteiger partial charge is 0.362 e. The highest BCUT2D eigenvalue weighted by Crippen LogP contribution is 2.08. The second-order valence-corrected chi connectivity index (χ2v) is 3.81. The van der Waals surface area contributed by atoms with E-state index in [0.29, 0.717) is 11.7 Å². The lowest BCUT2D eigenvalue weighted by Crippen LogP contribution is -2.43. The highest BCUT2D eigenvalue weighted by molar-refractivity contribution is 7.80. The Morgan fingerprint density at radius 1 is 1.33 bits per heavy atom. The number of hydrogen-bond acceptors (Lipinski definition) is 2. The Balaban J connectivity index is 2.26. The van der Waals surface area contributed by atoms with Gasteiger partial charge in [0, 0.05) is 18.1 Å². The molecule has 3 N–H and O–H groups in total. The topological polar surface area (TPSA) is 36.1 Å². The van der Waals surface area contributed by atoms with Gasteiger partial charge >= 0.3 is 0 Å². The van der Waals surface area contributed by atoms with E-state index in [4.69, 9.17) is 23.8 Å². The monoisotopic (exact) mass is 243 g/mol. The van der Waals surface area contributed by atoms with Crippen LogP contribution >= 0.6 is 23.8 Å². The molecule has 0 aromatic heterocycles. The minimum atomic E-state index is 0.603. The molecule has 0 heterocycles. The van der Waals surface area contributed by atoms with Crippen LogP contribution in [-0.2, 0) is 6.54 Å². The van der Waals surface area contributed by atoms with E-state index in [9.17, 15) is 0 Å². The average molecular weight is 244 g/mol. The van der Waals surface area contributed by atoms with Gasteiger partial charge in [0.15, 0.2) is 5.11 Å². The molecule has 0 atom stereocenters. The molecular formula is C10H14ClN3S. The van der Waals surface area contributed by atoms with E-state index < -0.39 is 0 Å². The van der Waals surface area contributed by atoms with E-state index in [1.165, 1.54) is 0 Å². The Bertz CT molecular complexity index is 313. The first-order chi connectivity index (χ1) is 7.22. The van der Waals surface area contributed by atoms with Gasteiger partial charge in [-0.05, 0) is 36.8 Å². The van der Waals surface area contributed by atoms with Crippen LogP contribution in [-0.4, -0.2) is 11.7 Å². The lowest BCUT2D eigenvalue weighted by molar-refractivity contribution is 0.643. The van der Waals surface area contributed by atoms with Crippen LogP contribution in [0.15, 0.2) is 24.3 Å². The molecule has 5 heteroatoms. The molecule has 0 aliphatic carbocycles. The van der Waals surface area contributed by atoms with E-state index >= 15 is 0 Å². The molecule has 1 rings (SSSR count). The maximum absolute atomic E-state index is 5.77. The van der Waals surface area contributed by atoms with Gasteiger partial charge in [0.25, 0.3) is 0 Å². The van der Waals surface area contributed by atoms with Crippen molar-refractivity contribution in [3.8, 4) is 0 Å². The first-order valence-corrected chi connectivity index (χ1v) is 5.52. The van der Waals surface area contributed by atoms with Crippen LogP contribution in [0.2, 0.25) is 5.02 Å². The van der Waals surface area contributed by atoms with Gasteiger partial charge < -0.3 is 5.32 Å². The maximum Gasteiger partial charge on any atom is 0.180 e. The molecule has 1 aromatic rings. The zero-order chi connectivity index (χ0) is 11.1. The summed E-state index contributed by atoms with van der Waals surface area (Å²) in [5.74, 6) is 0. The normalized spacial score (nSPS) is 9.73. The average Bonchev–Trinajstić information content (AvgIpc) is 2.21. The third-order valence-electron chi connectivity index (χ3n) is 1.75. The Labute approximate surface area is 100 Å². The smallest absolute Gasteiger partial charge is 0.180 e. The van der Waals surface area contributed by atoms with Crippen LogP contribution in [0.3, 0.4) is 0 Å². The van der Waals surface area contributed by atoms with Gasteiger partial charge in [-0.15, -0.1) is 0 Å². The third-order valence-corrected chi connectivity index (χ3v) is 2.24. The van der Waals surface area contributed by atoms with Crippen LogP contribution in [0, 0.1) is 0 Å². The first kappa shape index (κ1) is 12.2. The van der Waals surface area contributed by atoms with Crippen LogP contribution in [0.1, 0.15) is 12.5 Å². The Kier molecular flexibility index (Phi) is 5.39. The van der Waals surface area contributed by atoms with Gasteiger partial charge in [0.05, 0.1) is 0 Å². The molecule has 0 fully saturated rings. The minimum absolute atomic E-state index is 0.603. The predicted molar refractivity (Wildman–Crippen MR) is 67.7 cm³/mol. The summed E-state index contributed by atoms with van der Waals surface area (Å²) >= 11 is 10.8. The van der Waals surface area contributed by atoms with Crippen molar-refractivity contribution in [3.05, 3.63) is 34.9 Å². The van der Waals surface area contributed by atoms with Gasteiger partial charge in [-0.25, -0.2) is 5.43 Å². The van der Waals surface area contributed by atoms with Crippen molar-refractivity contribution >= 4 is 28.9 Å². The van der Waals surface area contributed by atoms with Crippen LogP contribution < -0.4 is 16.2 Å². The van der Waals surface area contributed by atoms with E-state index in [-0.39, 0.29) is 0 Å². The lowest BCUT2D eigenvalue weighted by Gasteiger charge is -2.09. The number of nitrogens with one attached hydrogen (secondary N) is 3. The second-order valence-electron chi connectivity index (χ2n) is 2.96. The van der Waals surface area contributed by atoms with Crippen molar-refractivity contribution < 1.29 is 0 Å². The number of halogens is 1. The lowest BCUT2D eigenvalue weighted by atomic mass is 10.2. The van der Waals surface area contributed by atoms with Crippen molar-refractivity contribution in [1.82, 2.24) is 16.2 Å².